The smallest absolute Gasteiger partial charge is 0.171 e. The van der Waals surface area contributed by atoms with Gasteiger partial charge in [0, 0.05) is 6.20 Å². The molecule has 2 aromatic rings. The lowest BCUT2D eigenvalue weighted by molar-refractivity contribution is 0.217. The summed E-state index contributed by atoms with van der Waals surface area (Å²) in [6.45, 7) is 0.898. The molecule has 1 heterocycles. The lowest BCUT2D eigenvalue weighted by Crippen LogP contribution is -2.09. The van der Waals surface area contributed by atoms with Gasteiger partial charge in [0.2, 0.25) is 0 Å². The highest BCUT2D eigenvalue weighted by molar-refractivity contribution is 6.30. The van der Waals surface area contributed by atoms with Crippen LogP contribution in [0.15, 0.2) is 48.7 Å². The molecule has 0 spiro atoms. The van der Waals surface area contributed by atoms with Crippen molar-refractivity contribution in [1.82, 2.24) is 4.98 Å². The second-order valence-corrected chi connectivity index (χ2v) is 3.66. The number of aromatic nitrogens is 1. The molecule has 4 heteroatoms. The maximum absolute atomic E-state index is 5.84. The van der Waals surface area contributed by atoms with Gasteiger partial charge in [0.25, 0.3) is 0 Å². The normalized spacial score (nSPS) is 9.94. The van der Waals surface area contributed by atoms with Crippen molar-refractivity contribution >= 4 is 11.6 Å². The van der Waals surface area contributed by atoms with Gasteiger partial charge < -0.3 is 9.47 Å². The largest absolute Gasteiger partial charge is 0.490 e. The van der Waals surface area contributed by atoms with Crippen LogP contribution in [0.1, 0.15) is 0 Å². The Balaban J connectivity index is 1.76. The van der Waals surface area contributed by atoms with Gasteiger partial charge in [0.1, 0.15) is 19.0 Å². The Kier molecular flexibility index (Phi) is 4.22. The Hall–Kier alpha value is -1.74. The zero-order chi connectivity index (χ0) is 11.9. The summed E-state index contributed by atoms with van der Waals surface area (Å²) in [4.78, 5) is 3.92. The molecule has 0 unspecified atom stereocenters. The van der Waals surface area contributed by atoms with E-state index in [1.807, 2.05) is 30.3 Å². The van der Waals surface area contributed by atoms with Gasteiger partial charge >= 0.3 is 0 Å². The van der Waals surface area contributed by atoms with Crippen LogP contribution < -0.4 is 9.47 Å². The summed E-state index contributed by atoms with van der Waals surface area (Å²) in [5.74, 6) is 1.40. The topological polar surface area (TPSA) is 31.4 Å². The number of benzene rings is 1. The molecule has 3 nitrogen and oxygen atoms in total. The third-order valence-corrected chi connectivity index (χ3v) is 2.36. The summed E-state index contributed by atoms with van der Waals surface area (Å²) < 4.78 is 10.9. The molecule has 1 aromatic carbocycles. The average molecular weight is 250 g/mol. The lowest BCUT2D eigenvalue weighted by atomic mass is 10.3. The van der Waals surface area contributed by atoms with Gasteiger partial charge in [-0.1, -0.05) is 29.8 Å². The Bertz CT molecular complexity index is 462. The summed E-state index contributed by atoms with van der Waals surface area (Å²) in [7, 11) is 0. The summed E-state index contributed by atoms with van der Waals surface area (Å²) in [6.07, 6.45) is 1.62. The molecule has 0 fully saturated rings. The molecular weight excluding hydrogens is 238 g/mol. The van der Waals surface area contributed by atoms with E-state index in [2.05, 4.69) is 4.98 Å². The SMILES string of the molecule is Clc1ncccc1OCCOc1ccccc1. The number of hydrogen-bond donors (Lipinski definition) is 0. The quantitative estimate of drug-likeness (QED) is 0.602. The van der Waals surface area contributed by atoms with E-state index in [0.717, 1.165) is 5.75 Å². The standard InChI is InChI=1S/C13H12ClNO2/c14-13-12(7-4-8-15-13)17-10-9-16-11-5-2-1-3-6-11/h1-8H,9-10H2. The maximum Gasteiger partial charge on any atom is 0.171 e. The van der Waals surface area contributed by atoms with Crippen molar-refractivity contribution in [3.63, 3.8) is 0 Å². The Morgan fingerprint density at radius 3 is 2.47 bits per heavy atom. The highest BCUT2D eigenvalue weighted by atomic mass is 35.5. The lowest BCUT2D eigenvalue weighted by Gasteiger charge is -2.08. The van der Waals surface area contributed by atoms with Crippen molar-refractivity contribution < 1.29 is 9.47 Å². The third-order valence-electron chi connectivity index (χ3n) is 2.08. The number of nitrogens with zero attached hydrogens (tertiary/aromatic N) is 1. The zero-order valence-electron chi connectivity index (χ0n) is 9.17. The van der Waals surface area contributed by atoms with Gasteiger partial charge in [-0.25, -0.2) is 4.98 Å². The van der Waals surface area contributed by atoms with Crippen LogP contribution in [0, 0.1) is 0 Å². The molecule has 0 N–H and O–H groups in total. The fourth-order valence-corrected chi connectivity index (χ4v) is 1.48. The Morgan fingerprint density at radius 2 is 1.71 bits per heavy atom. The van der Waals surface area contributed by atoms with E-state index in [0.29, 0.717) is 24.1 Å². The van der Waals surface area contributed by atoms with E-state index in [1.54, 1.807) is 18.3 Å². The Morgan fingerprint density at radius 1 is 0.941 bits per heavy atom. The molecule has 0 atom stereocenters. The first-order valence-electron chi connectivity index (χ1n) is 5.27. The maximum atomic E-state index is 5.84. The first-order chi connectivity index (χ1) is 8.36. The minimum Gasteiger partial charge on any atom is -0.490 e. The highest BCUT2D eigenvalue weighted by Crippen LogP contribution is 2.20. The predicted molar refractivity (Wildman–Crippen MR) is 66.7 cm³/mol. The van der Waals surface area contributed by atoms with Gasteiger partial charge in [-0.15, -0.1) is 0 Å². The number of hydrogen-bond acceptors (Lipinski definition) is 3. The minimum absolute atomic E-state index is 0.368. The molecule has 0 saturated heterocycles. The van der Waals surface area contributed by atoms with Crippen molar-refractivity contribution in [2.45, 2.75) is 0 Å². The molecule has 0 aliphatic rings. The van der Waals surface area contributed by atoms with Crippen LogP contribution in [0.2, 0.25) is 5.15 Å². The number of para-hydroxylation sites is 1. The van der Waals surface area contributed by atoms with Crippen LogP contribution >= 0.6 is 11.6 Å². The fraction of sp³-hybridized carbons (Fsp3) is 0.154. The molecule has 88 valence electrons. The molecule has 0 aliphatic carbocycles. The van der Waals surface area contributed by atoms with Gasteiger partial charge in [-0.05, 0) is 24.3 Å². The van der Waals surface area contributed by atoms with E-state index in [-0.39, 0.29) is 0 Å². The summed E-state index contributed by atoms with van der Waals surface area (Å²) in [6, 6.07) is 13.1. The average Bonchev–Trinajstić information content (AvgIpc) is 2.38. The zero-order valence-corrected chi connectivity index (χ0v) is 9.93. The van der Waals surface area contributed by atoms with E-state index in [1.165, 1.54) is 0 Å². The predicted octanol–water partition coefficient (Wildman–Crippen LogP) is 3.19. The monoisotopic (exact) mass is 249 g/mol. The summed E-state index contributed by atoms with van der Waals surface area (Å²) in [5, 5.41) is 0.368. The van der Waals surface area contributed by atoms with E-state index in [4.69, 9.17) is 21.1 Å². The van der Waals surface area contributed by atoms with Crippen LogP contribution in [-0.4, -0.2) is 18.2 Å². The minimum atomic E-state index is 0.368. The molecule has 0 saturated carbocycles. The van der Waals surface area contributed by atoms with Crippen molar-refractivity contribution in [3.05, 3.63) is 53.8 Å². The van der Waals surface area contributed by atoms with Crippen LogP contribution in [0.4, 0.5) is 0 Å². The second-order valence-electron chi connectivity index (χ2n) is 3.30. The van der Waals surface area contributed by atoms with Crippen molar-refractivity contribution in [2.75, 3.05) is 13.2 Å². The van der Waals surface area contributed by atoms with Crippen molar-refractivity contribution in [1.29, 1.82) is 0 Å². The number of pyridine rings is 1. The van der Waals surface area contributed by atoms with Gasteiger partial charge in [-0.2, -0.15) is 0 Å². The first kappa shape index (κ1) is 11.7. The number of halogens is 1. The van der Waals surface area contributed by atoms with Gasteiger partial charge in [-0.3, -0.25) is 0 Å². The Labute approximate surface area is 105 Å². The van der Waals surface area contributed by atoms with E-state index >= 15 is 0 Å². The molecule has 0 bridgehead atoms. The highest BCUT2D eigenvalue weighted by Gasteiger charge is 2.00. The van der Waals surface area contributed by atoms with Crippen molar-refractivity contribution in [2.24, 2.45) is 0 Å². The van der Waals surface area contributed by atoms with Gasteiger partial charge in [0.15, 0.2) is 10.9 Å². The van der Waals surface area contributed by atoms with E-state index < -0.39 is 0 Å². The third kappa shape index (κ3) is 3.64. The van der Waals surface area contributed by atoms with Crippen LogP contribution in [-0.2, 0) is 0 Å². The molecule has 0 radical (unpaired) electrons. The van der Waals surface area contributed by atoms with Crippen LogP contribution in [0.25, 0.3) is 0 Å². The molecule has 0 aliphatic heterocycles. The number of ether oxygens (including phenoxy) is 2. The molecular formula is C13H12ClNO2. The molecule has 1 aromatic heterocycles. The van der Waals surface area contributed by atoms with E-state index in [9.17, 15) is 0 Å². The first-order valence-corrected chi connectivity index (χ1v) is 5.65. The van der Waals surface area contributed by atoms with Crippen LogP contribution in [0.3, 0.4) is 0 Å². The van der Waals surface area contributed by atoms with Crippen LogP contribution in [0.5, 0.6) is 11.5 Å². The number of rotatable bonds is 5. The molecule has 0 amide bonds. The summed E-state index contributed by atoms with van der Waals surface area (Å²) >= 11 is 5.84. The second kappa shape index (κ2) is 6.11. The summed E-state index contributed by atoms with van der Waals surface area (Å²) in [5.41, 5.74) is 0. The van der Waals surface area contributed by atoms with Gasteiger partial charge in [0.05, 0.1) is 0 Å². The molecule has 2 rings (SSSR count). The molecule has 17 heavy (non-hydrogen) atoms. The van der Waals surface area contributed by atoms with Crippen molar-refractivity contribution in [3.8, 4) is 11.5 Å². The fourth-order valence-electron chi connectivity index (χ4n) is 1.31.